The molecule has 1 fully saturated rings. The molecule has 1 amide bonds. The lowest BCUT2D eigenvalue weighted by molar-refractivity contribution is -0.121. The quantitative estimate of drug-likeness (QED) is 0.866. The minimum Gasteiger partial charge on any atom is -0.271 e. The van der Waals surface area contributed by atoms with E-state index in [1.54, 1.807) is 4.68 Å². The summed E-state index contributed by atoms with van der Waals surface area (Å²) in [6.07, 6.45) is 5.59. The highest BCUT2D eigenvalue weighted by atomic mass is 16.2. The molecule has 1 heterocycles. The Hall–Kier alpha value is -2.24. The van der Waals surface area contributed by atoms with E-state index in [1.165, 1.54) is 19.3 Å². The second kappa shape index (κ2) is 5.81. The summed E-state index contributed by atoms with van der Waals surface area (Å²) in [6, 6.07) is 7.58. The summed E-state index contributed by atoms with van der Waals surface area (Å²) in [5.41, 5.74) is 5.35. The van der Waals surface area contributed by atoms with Crippen molar-refractivity contribution in [3.8, 4) is 0 Å². The van der Waals surface area contributed by atoms with Crippen LogP contribution in [-0.4, -0.2) is 26.6 Å². The van der Waals surface area contributed by atoms with Crippen LogP contribution in [0.5, 0.6) is 0 Å². The van der Waals surface area contributed by atoms with Crippen molar-refractivity contribution in [1.29, 1.82) is 0 Å². The van der Waals surface area contributed by atoms with Crippen LogP contribution in [0.25, 0.3) is 11.0 Å². The molecule has 0 spiro atoms. The fourth-order valence-electron chi connectivity index (χ4n) is 2.42. The number of para-hydroxylation sites is 1. The number of benzene rings is 1. The molecule has 0 saturated heterocycles. The maximum Gasteiger partial charge on any atom is 0.261 e. The van der Waals surface area contributed by atoms with Gasteiger partial charge in [-0.05, 0) is 37.8 Å². The van der Waals surface area contributed by atoms with Gasteiger partial charge >= 0.3 is 0 Å². The molecule has 104 valence electrons. The molecule has 0 bridgehead atoms. The van der Waals surface area contributed by atoms with Crippen molar-refractivity contribution in [3.63, 3.8) is 0 Å². The van der Waals surface area contributed by atoms with Crippen molar-refractivity contribution in [2.45, 2.75) is 38.6 Å². The Morgan fingerprint density at radius 2 is 2.05 bits per heavy atom. The Morgan fingerprint density at radius 3 is 2.90 bits per heavy atom. The molecule has 20 heavy (non-hydrogen) atoms. The number of aromatic nitrogens is 3. The standard InChI is InChI=1S/C14H17N5O/c20-14(17-15-11-6-2-1-3-7-11)10-19-13-9-5-4-8-12(13)16-18-19/h4-5,8-9H,1-3,6-7,10H2,(H,17,20). The SMILES string of the molecule is O=C(Cn1nnc2ccccc21)NN=C1CCCCC1. The number of nitrogens with one attached hydrogen (secondary N) is 1. The van der Waals surface area contributed by atoms with Crippen molar-refractivity contribution in [1.82, 2.24) is 20.4 Å². The number of amides is 1. The van der Waals surface area contributed by atoms with Gasteiger partial charge in [-0.2, -0.15) is 5.10 Å². The molecule has 0 atom stereocenters. The maximum atomic E-state index is 11.9. The smallest absolute Gasteiger partial charge is 0.261 e. The maximum absolute atomic E-state index is 11.9. The Balaban J connectivity index is 1.64. The molecule has 6 nitrogen and oxygen atoms in total. The second-order valence-corrected chi connectivity index (χ2v) is 5.01. The molecule has 1 aliphatic rings. The highest BCUT2D eigenvalue weighted by molar-refractivity contribution is 5.87. The van der Waals surface area contributed by atoms with E-state index >= 15 is 0 Å². The number of hydrogen-bond acceptors (Lipinski definition) is 4. The molecule has 1 aromatic carbocycles. The predicted molar refractivity (Wildman–Crippen MR) is 76.2 cm³/mol. The third-order valence-electron chi connectivity index (χ3n) is 3.48. The molecule has 1 saturated carbocycles. The Morgan fingerprint density at radius 1 is 1.25 bits per heavy atom. The van der Waals surface area contributed by atoms with Gasteiger partial charge in [0.1, 0.15) is 12.1 Å². The Kier molecular flexibility index (Phi) is 3.71. The highest BCUT2D eigenvalue weighted by Gasteiger charge is 2.10. The molecule has 1 aromatic heterocycles. The number of hydrogen-bond donors (Lipinski definition) is 1. The minimum absolute atomic E-state index is 0.136. The van der Waals surface area contributed by atoms with E-state index in [2.05, 4.69) is 20.8 Å². The van der Waals surface area contributed by atoms with E-state index in [1.807, 2.05) is 24.3 Å². The summed E-state index contributed by atoms with van der Waals surface area (Å²) in [5, 5.41) is 12.2. The van der Waals surface area contributed by atoms with Crippen molar-refractivity contribution in [2.24, 2.45) is 5.10 Å². The van der Waals surface area contributed by atoms with Crippen LogP contribution >= 0.6 is 0 Å². The second-order valence-electron chi connectivity index (χ2n) is 5.01. The summed E-state index contributed by atoms with van der Waals surface area (Å²) < 4.78 is 1.59. The van der Waals surface area contributed by atoms with E-state index in [-0.39, 0.29) is 12.5 Å². The lowest BCUT2D eigenvalue weighted by Crippen LogP contribution is -2.25. The first-order chi connectivity index (χ1) is 9.83. The highest BCUT2D eigenvalue weighted by Crippen LogP contribution is 2.14. The molecule has 0 aliphatic heterocycles. The van der Waals surface area contributed by atoms with E-state index in [0.717, 1.165) is 29.6 Å². The van der Waals surface area contributed by atoms with Crippen molar-refractivity contribution in [2.75, 3.05) is 0 Å². The average Bonchev–Trinajstić information content (AvgIpc) is 2.90. The number of rotatable bonds is 3. The van der Waals surface area contributed by atoms with E-state index in [9.17, 15) is 4.79 Å². The summed E-state index contributed by atoms with van der Waals surface area (Å²) in [5.74, 6) is -0.168. The van der Waals surface area contributed by atoms with Crippen LogP contribution in [-0.2, 0) is 11.3 Å². The van der Waals surface area contributed by atoms with Crippen LogP contribution in [0, 0.1) is 0 Å². The molecule has 2 aromatic rings. The summed E-state index contributed by atoms with van der Waals surface area (Å²) in [4.78, 5) is 11.9. The first-order valence-electron chi connectivity index (χ1n) is 6.95. The van der Waals surface area contributed by atoms with Gasteiger partial charge in [0.15, 0.2) is 0 Å². The fourth-order valence-corrected chi connectivity index (χ4v) is 2.42. The van der Waals surface area contributed by atoms with Gasteiger partial charge in [-0.25, -0.2) is 10.1 Å². The van der Waals surface area contributed by atoms with Gasteiger partial charge in [0, 0.05) is 5.71 Å². The van der Waals surface area contributed by atoms with Crippen LogP contribution in [0.2, 0.25) is 0 Å². The molecular formula is C14H17N5O. The van der Waals surface area contributed by atoms with E-state index in [4.69, 9.17) is 0 Å². The van der Waals surface area contributed by atoms with Gasteiger partial charge in [0.2, 0.25) is 0 Å². The minimum atomic E-state index is -0.168. The number of fused-ring (bicyclic) bond motifs is 1. The predicted octanol–water partition coefficient (Wildman–Crippen LogP) is 1.87. The molecule has 0 radical (unpaired) electrons. The van der Waals surface area contributed by atoms with Gasteiger partial charge in [-0.3, -0.25) is 4.79 Å². The zero-order chi connectivity index (χ0) is 13.8. The van der Waals surface area contributed by atoms with Gasteiger partial charge < -0.3 is 0 Å². The monoisotopic (exact) mass is 271 g/mol. The van der Waals surface area contributed by atoms with Crippen molar-refractivity contribution in [3.05, 3.63) is 24.3 Å². The van der Waals surface area contributed by atoms with E-state index in [0.29, 0.717) is 0 Å². The molecular weight excluding hydrogens is 254 g/mol. The lowest BCUT2D eigenvalue weighted by Gasteiger charge is -2.11. The van der Waals surface area contributed by atoms with Crippen LogP contribution in [0.15, 0.2) is 29.4 Å². The zero-order valence-corrected chi connectivity index (χ0v) is 11.2. The van der Waals surface area contributed by atoms with Gasteiger partial charge in [-0.15, -0.1) is 5.10 Å². The average molecular weight is 271 g/mol. The molecule has 6 heteroatoms. The van der Waals surface area contributed by atoms with Gasteiger partial charge in [-0.1, -0.05) is 23.8 Å². The first kappa shape index (κ1) is 12.8. The third kappa shape index (κ3) is 2.84. The van der Waals surface area contributed by atoms with Crippen LogP contribution in [0.3, 0.4) is 0 Å². The number of nitrogens with zero attached hydrogens (tertiary/aromatic N) is 4. The number of carbonyl (C=O) groups is 1. The summed E-state index contributed by atoms with van der Waals surface area (Å²) in [6.45, 7) is 0.136. The third-order valence-corrected chi connectivity index (χ3v) is 3.48. The Labute approximate surface area is 116 Å². The topological polar surface area (TPSA) is 72.2 Å². The first-order valence-corrected chi connectivity index (χ1v) is 6.95. The van der Waals surface area contributed by atoms with Gasteiger partial charge in [0.25, 0.3) is 5.91 Å². The van der Waals surface area contributed by atoms with Crippen LogP contribution in [0.4, 0.5) is 0 Å². The number of hydrazone groups is 1. The van der Waals surface area contributed by atoms with Crippen LogP contribution < -0.4 is 5.43 Å². The molecule has 3 rings (SSSR count). The van der Waals surface area contributed by atoms with Gasteiger partial charge in [0.05, 0.1) is 5.52 Å². The molecule has 1 N–H and O–H groups in total. The van der Waals surface area contributed by atoms with Crippen molar-refractivity contribution >= 4 is 22.7 Å². The Bertz CT molecular complexity index is 638. The normalized spacial score (nSPS) is 15.3. The van der Waals surface area contributed by atoms with Crippen molar-refractivity contribution < 1.29 is 4.79 Å². The summed E-state index contributed by atoms with van der Waals surface area (Å²) in [7, 11) is 0. The lowest BCUT2D eigenvalue weighted by atomic mass is 9.99. The van der Waals surface area contributed by atoms with E-state index < -0.39 is 0 Å². The zero-order valence-electron chi connectivity index (χ0n) is 11.2. The number of carbonyl (C=O) groups excluding carboxylic acids is 1. The molecule has 1 aliphatic carbocycles. The molecule has 0 unspecified atom stereocenters. The fraction of sp³-hybridized carbons (Fsp3) is 0.429. The van der Waals surface area contributed by atoms with Crippen LogP contribution in [0.1, 0.15) is 32.1 Å². The largest absolute Gasteiger partial charge is 0.271 e. The summed E-state index contributed by atoms with van der Waals surface area (Å²) >= 11 is 0.